The Kier molecular flexibility index (Phi) is 9.23. The second kappa shape index (κ2) is 13.4. The van der Waals surface area contributed by atoms with Crippen molar-refractivity contribution in [3.05, 3.63) is 119 Å². The van der Waals surface area contributed by atoms with Crippen LogP contribution in [0, 0.1) is 11.3 Å². The van der Waals surface area contributed by atoms with Crippen LogP contribution in [-0.2, 0) is 29.4 Å². The summed E-state index contributed by atoms with van der Waals surface area (Å²) in [4.78, 5) is 19.6. The molecule has 0 bridgehead atoms. The molecule has 3 atom stereocenters. The molecule has 0 aliphatic carbocycles. The predicted molar refractivity (Wildman–Crippen MR) is 159 cm³/mol. The number of hydrogen-bond acceptors (Lipinski definition) is 7. The Morgan fingerprint density at radius 1 is 0.907 bits per heavy atom. The Morgan fingerprint density at radius 3 is 2.37 bits per heavy atom. The SMILES string of the molecule is CC(O)C(C(=O)O)[N+](Cc1ccccc1OCc1cccc(C#N)c1)(OCc1ccccc1)c1ccc2c(c1)OCCO2. The van der Waals surface area contributed by atoms with Gasteiger partial charge in [0.25, 0.3) is 0 Å². The molecule has 0 saturated carbocycles. The van der Waals surface area contributed by atoms with Crippen LogP contribution in [0.15, 0.2) is 97.1 Å². The summed E-state index contributed by atoms with van der Waals surface area (Å²) in [6.07, 6.45) is -1.30. The van der Waals surface area contributed by atoms with E-state index in [1.54, 1.807) is 42.5 Å². The topological polar surface area (TPSA) is 118 Å². The van der Waals surface area contributed by atoms with Gasteiger partial charge in [-0.05, 0) is 48.4 Å². The number of carboxylic acid groups (broad SMARTS) is 1. The number of aliphatic hydroxyl groups excluding tert-OH is 1. The van der Waals surface area contributed by atoms with Crippen LogP contribution in [0.5, 0.6) is 17.2 Å². The van der Waals surface area contributed by atoms with E-state index in [0.29, 0.717) is 47.3 Å². The molecule has 1 aliphatic rings. The molecule has 9 heteroatoms. The normalized spacial score (nSPS) is 15.0. The quantitative estimate of drug-likeness (QED) is 0.169. The van der Waals surface area contributed by atoms with E-state index in [1.165, 1.54) is 6.92 Å². The van der Waals surface area contributed by atoms with E-state index in [0.717, 1.165) is 11.1 Å². The first-order valence-electron chi connectivity index (χ1n) is 14.0. The van der Waals surface area contributed by atoms with Gasteiger partial charge in [0.1, 0.15) is 44.8 Å². The Morgan fingerprint density at radius 2 is 1.63 bits per heavy atom. The van der Waals surface area contributed by atoms with Crippen LogP contribution in [0.2, 0.25) is 0 Å². The van der Waals surface area contributed by atoms with E-state index in [4.69, 9.17) is 19.0 Å². The Balaban J connectivity index is 1.60. The van der Waals surface area contributed by atoms with Crippen molar-refractivity contribution >= 4 is 11.7 Å². The summed E-state index contributed by atoms with van der Waals surface area (Å²) < 4.78 is 17.2. The molecule has 0 saturated heterocycles. The number of carboxylic acids is 1. The summed E-state index contributed by atoms with van der Waals surface area (Å²) in [5.41, 5.74) is 3.30. The molecular formula is C34H33N2O7+. The van der Waals surface area contributed by atoms with Crippen LogP contribution in [0.1, 0.15) is 29.2 Å². The number of hydrogen-bond donors (Lipinski definition) is 2. The molecule has 0 fully saturated rings. The number of aliphatic hydroxyl groups is 1. The monoisotopic (exact) mass is 581 g/mol. The van der Waals surface area contributed by atoms with Crippen molar-refractivity contribution in [1.82, 2.24) is 4.65 Å². The smallest absolute Gasteiger partial charge is 0.368 e. The highest BCUT2D eigenvalue weighted by Gasteiger charge is 2.51. The van der Waals surface area contributed by atoms with E-state index in [2.05, 4.69) is 6.07 Å². The summed E-state index contributed by atoms with van der Waals surface area (Å²) in [5.74, 6) is 0.294. The molecule has 43 heavy (non-hydrogen) atoms. The molecule has 3 unspecified atom stereocenters. The van der Waals surface area contributed by atoms with Crippen LogP contribution < -0.4 is 18.9 Å². The predicted octanol–water partition coefficient (Wildman–Crippen LogP) is 5.38. The van der Waals surface area contributed by atoms with E-state index < -0.39 is 22.8 Å². The van der Waals surface area contributed by atoms with E-state index in [-0.39, 0.29) is 19.8 Å². The number of quaternary nitrogens is 1. The van der Waals surface area contributed by atoms with Crippen molar-refractivity contribution in [2.75, 3.05) is 13.2 Å². The van der Waals surface area contributed by atoms with Gasteiger partial charge in [-0.3, -0.25) is 0 Å². The third-order valence-electron chi connectivity index (χ3n) is 7.25. The van der Waals surface area contributed by atoms with Gasteiger partial charge in [0.2, 0.25) is 6.04 Å². The lowest BCUT2D eigenvalue weighted by atomic mass is 10.0. The first-order chi connectivity index (χ1) is 20.9. The number of nitriles is 1. The maximum absolute atomic E-state index is 12.9. The average Bonchev–Trinajstić information content (AvgIpc) is 3.03. The maximum atomic E-state index is 12.9. The number of aliphatic carboxylic acids is 1. The number of benzene rings is 4. The summed E-state index contributed by atoms with van der Waals surface area (Å²) in [6, 6.07) is 29.8. The van der Waals surface area contributed by atoms with Crippen LogP contribution >= 0.6 is 0 Å². The molecule has 0 amide bonds. The summed E-state index contributed by atoms with van der Waals surface area (Å²) >= 11 is 0. The maximum Gasteiger partial charge on any atom is 0.368 e. The molecule has 1 aliphatic heterocycles. The first-order valence-corrected chi connectivity index (χ1v) is 14.0. The number of para-hydroxylation sites is 1. The summed E-state index contributed by atoms with van der Waals surface area (Å²) in [5, 5.41) is 30.8. The zero-order valence-electron chi connectivity index (χ0n) is 23.8. The van der Waals surface area contributed by atoms with Gasteiger partial charge in [-0.2, -0.15) is 10.1 Å². The Bertz CT molecular complexity index is 1600. The third-order valence-corrected chi connectivity index (χ3v) is 7.25. The number of carbonyl (C=O) groups is 1. The molecule has 1 heterocycles. The van der Waals surface area contributed by atoms with Crippen LogP contribution in [0.25, 0.3) is 0 Å². The molecular weight excluding hydrogens is 548 g/mol. The fourth-order valence-electron chi connectivity index (χ4n) is 5.24. The van der Waals surface area contributed by atoms with E-state index in [9.17, 15) is 20.3 Å². The number of nitrogens with zero attached hydrogens (tertiary/aromatic N) is 2. The number of hydroxylamine groups is 2. The lowest BCUT2D eigenvalue weighted by Gasteiger charge is -2.41. The van der Waals surface area contributed by atoms with Crippen LogP contribution in [0.3, 0.4) is 0 Å². The molecule has 4 aromatic carbocycles. The van der Waals surface area contributed by atoms with Crippen molar-refractivity contribution in [3.8, 4) is 23.3 Å². The highest BCUT2D eigenvalue weighted by molar-refractivity contribution is 5.77. The molecule has 2 N–H and O–H groups in total. The number of ether oxygens (including phenoxy) is 3. The number of fused-ring (bicyclic) bond motifs is 1. The van der Waals surface area contributed by atoms with E-state index in [1.807, 2.05) is 54.6 Å². The molecule has 0 aromatic heterocycles. The van der Waals surface area contributed by atoms with Crippen molar-refractivity contribution in [1.29, 1.82) is 5.26 Å². The second-order valence-corrected chi connectivity index (χ2v) is 10.3. The zero-order valence-corrected chi connectivity index (χ0v) is 23.8. The molecule has 0 spiro atoms. The number of rotatable bonds is 12. The molecule has 0 radical (unpaired) electrons. The molecule has 9 nitrogen and oxygen atoms in total. The standard InChI is InChI=1S/C34H32N2O7/c1-24(37)33(34(38)39)36(43-23-25-8-3-2-4-9-25,29-14-15-31-32(19-29)41-17-16-40-31)21-28-12-5-6-13-30(28)42-22-27-11-7-10-26(18-27)20-35/h2-15,18-19,24,33,37H,16-17,21-23H2,1H3/p+1. The van der Waals surface area contributed by atoms with Gasteiger partial charge in [-0.15, -0.1) is 4.65 Å². The third kappa shape index (κ3) is 6.79. The highest BCUT2D eigenvalue weighted by atomic mass is 16.7. The Labute approximate surface area is 250 Å². The van der Waals surface area contributed by atoms with Gasteiger partial charge in [0.15, 0.2) is 17.2 Å². The van der Waals surface area contributed by atoms with Gasteiger partial charge in [0, 0.05) is 12.1 Å². The van der Waals surface area contributed by atoms with Crippen molar-refractivity contribution in [2.45, 2.75) is 38.8 Å². The van der Waals surface area contributed by atoms with E-state index >= 15 is 0 Å². The Hall–Kier alpha value is -4.88. The lowest BCUT2D eigenvalue weighted by molar-refractivity contribution is -0.216. The van der Waals surface area contributed by atoms with Crippen LogP contribution in [-0.4, -0.2) is 41.5 Å². The minimum atomic E-state index is -1.42. The van der Waals surface area contributed by atoms with Crippen molar-refractivity contribution in [3.63, 3.8) is 0 Å². The fraction of sp³-hybridized carbons (Fsp3) is 0.235. The second-order valence-electron chi connectivity index (χ2n) is 10.3. The lowest BCUT2D eigenvalue weighted by Crippen LogP contribution is -2.63. The van der Waals surface area contributed by atoms with Gasteiger partial charge < -0.3 is 24.4 Å². The summed E-state index contributed by atoms with van der Waals surface area (Å²) in [7, 11) is 0. The minimum absolute atomic E-state index is 0.00273. The zero-order chi connectivity index (χ0) is 30.2. The van der Waals surface area contributed by atoms with Crippen molar-refractivity contribution in [2.24, 2.45) is 0 Å². The summed E-state index contributed by atoms with van der Waals surface area (Å²) in [6.45, 7) is 2.47. The van der Waals surface area contributed by atoms with Crippen LogP contribution in [0.4, 0.5) is 5.69 Å². The average molecular weight is 582 g/mol. The largest absolute Gasteiger partial charge is 0.488 e. The first kappa shape index (κ1) is 29.6. The molecule has 5 rings (SSSR count). The molecule has 220 valence electrons. The van der Waals surface area contributed by atoms with Gasteiger partial charge in [-0.25, -0.2) is 4.79 Å². The minimum Gasteiger partial charge on any atom is -0.488 e. The molecule has 4 aromatic rings. The fourth-order valence-corrected chi connectivity index (χ4v) is 5.24. The van der Waals surface area contributed by atoms with Gasteiger partial charge >= 0.3 is 5.97 Å². The highest BCUT2D eigenvalue weighted by Crippen LogP contribution is 2.41. The van der Waals surface area contributed by atoms with Gasteiger partial charge in [0.05, 0.1) is 17.2 Å². The van der Waals surface area contributed by atoms with Crippen molar-refractivity contribution < 1.29 is 34.1 Å². The van der Waals surface area contributed by atoms with Gasteiger partial charge in [-0.1, -0.05) is 54.6 Å².